The smallest absolute Gasteiger partial charge is 0.259 e. The van der Waals surface area contributed by atoms with E-state index < -0.39 is 0 Å². The summed E-state index contributed by atoms with van der Waals surface area (Å²) < 4.78 is 1.78. The monoisotopic (exact) mass is 305 g/mol. The molecular formula is C19H19N3O. The highest BCUT2D eigenvalue weighted by atomic mass is 16.1. The summed E-state index contributed by atoms with van der Waals surface area (Å²) in [4.78, 5) is 12.6. The normalized spacial score (nSPS) is 10.5. The Labute approximate surface area is 135 Å². The van der Waals surface area contributed by atoms with Crippen LogP contribution in [0.2, 0.25) is 0 Å². The predicted molar refractivity (Wildman–Crippen MR) is 92.1 cm³/mol. The molecule has 0 radical (unpaired) electrons. The second kappa shape index (κ2) is 6.48. The molecule has 0 aliphatic rings. The molecule has 0 aliphatic heterocycles. The van der Waals surface area contributed by atoms with Gasteiger partial charge in [0.05, 0.1) is 23.1 Å². The summed E-state index contributed by atoms with van der Waals surface area (Å²) in [6.45, 7) is 3.98. The summed E-state index contributed by atoms with van der Waals surface area (Å²) in [5.41, 5.74) is 4.32. The van der Waals surface area contributed by atoms with Crippen molar-refractivity contribution in [2.24, 2.45) is 0 Å². The molecule has 0 fully saturated rings. The molecule has 0 bridgehead atoms. The van der Waals surface area contributed by atoms with Gasteiger partial charge in [0, 0.05) is 5.69 Å². The van der Waals surface area contributed by atoms with E-state index in [1.807, 2.05) is 61.5 Å². The van der Waals surface area contributed by atoms with Gasteiger partial charge >= 0.3 is 0 Å². The Morgan fingerprint density at radius 2 is 1.78 bits per heavy atom. The van der Waals surface area contributed by atoms with Crippen LogP contribution < -0.4 is 5.32 Å². The second-order valence-electron chi connectivity index (χ2n) is 5.36. The van der Waals surface area contributed by atoms with Crippen LogP contribution in [0.1, 0.15) is 28.5 Å². The number of aryl methyl sites for hydroxylation is 1. The molecule has 4 heteroatoms. The number of para-hydroxylation sites is 2. The van der Waals surface area contributed by atoms with Gasteiger partial charge in [-0.2, -0.15) is 5.10 Å². The number of nitrogens with one attached hydrogen (secondary N) is 1. The molecule has 23 heavy (non-hydrogen) atoms. The van der Waals surface area contributed by atoms with E-state index in [1.165, 1.54) is 0 Å². The van der Waals surface area contributed by atoms with Gasteiger partial charge in [0.25, 0.3) is 5.91 Å². The minimum Gasteiger partial charge on any atom is -0.322 e. The first kappa shape index (κ1) is 15.0. The molecule has 0 saturated heterocycles. The van der Waals surface area contributed by atoms with Gasteiger partial charge in [0.2, 0.25) is 0 Å². The summed E-state index contributed by atoms with van der Waals surface area (Å²) >= 11 is 0. The number of nitrogens with zero attached hydrogens (tertiary/aromatic N) is 2. The zero-order valence-electron chi connectivity index (χ0n) is 13.3. The minimum atomic E-state index is -0.134. The Morgan fingerprint density at radius 3 is 2.52 bits per heavy atom. The van der Waals surface area contributed by atoms with Crippen LogP contribution >= 0.6 is 0 Å². The molecule has 0 saturated carbocycles. The van der Waals surface area contributed by atoms with Crippen molar-refractivity contribution in [3.63, 3.8) is 0 Å². The number of carbonyl (C=O) groups excluding carboxylic acids is 1. The predicted octanol–water partition coefficient (Wildman–Crippen LogP) is 4.00. The Bertz CT molecular complexity index is 822. The van der Waals surface area contributed by atoms with Crippen molar-refractivity contribution in [1.29, 1.82) is 0 Å². The standard InChI is InChI=1S/C19H19N3O/c1-3-15-9-7-8-12-18(15)21-19(23)17-13-20-22(14(17)2)16-10-5-4-6-11-16/h4-13H,3H2,1-2H3,(H,21,23). The molecule has 1 heterocycles. The fraction of sp³-hybridized carbons (Fsp3) is 0.158. The molecule has 3 aromatic rings. The fourth-order valence-corrected chi connectivity index (χ4v) is 2.60. The molecule has 116 valence electrons. The van der Waals surface area contributed by atoms with Crippen LogP contribution in [-0.2, 0) is 6.42 Å². The van der Waals surface area contributed by atoms with Crippen LogP contribution in [0, 0.1) is 6.92 Å². The first-order valence-corrected chi connectivity index (χ1v) is 7.70. The highest BCUT2D eigenvalue weighted by Gasteiger charge is 2.16. The van der Waals surface area contributed by atoms with E-state index in [2.05, 4.69) is 17.3 Å². The van der Waals surface area contributed by atoms with Crippen LogP contribution in [0.3, 0.4) is 0 Å². The maximum Gasteiger partial charge on any atom is 0.259 e. The molecule has 3 rings (SSSR count). The lowest BCUT2D eigenvalue weighted by Gasteiger charge is -2.09. The third kappa shape index (κ3) is 3.01. The topological polar surface area (TPSA) is 46.9 Å². The molecule has 1 N–H and O–H groups in total. The van der Waals surface area contributed by atoms with Crippen LogP contribution in [0.25, 0.3) is 5.69 Å². The van der Waals surface area contributed by atoms with E-state index in [9.17, 15) is 4.79 Å². The molecule has 0 aliphatic carbocycles. The van der Waals surface area contributed by atoms with Crippen LogP contribution in [0.4, 0.5) is 5.69 Å². The Morgan fingerprint density at radius 1 is 1.09 bits per heavy atom. The summed E-state index contributed by atoms with van der Waals surface area (Å²) in [6.07, 6.45) is 2.49. The largest absolute Gasteiger partial charge is 0.322 e. The van der Waals surface area contributed by atoms with E-state index >= 15 is 0 Å². The third-order valence-electron chi connectivity index (χ3n) is 3.90. The highest BCUT2D eigenvalue weighted by molar-refractivity contribution is 6.05. The first-order chi connectivity index (χ1) is 11.2. The lowest BCUT2D eigenvalue weighted by atomic mass is 10.1. The zero-order chi connectivity index (χ0) is 16.2. The summed E-state index contributed by atoms with van der Waals surface area (Å²) in [5, 5.41) is 7.34. The van der Waals surface area contributed by atoms with Crippen LogP contribution in [-0.4, -0.2) is 15.7 Å². The second-order valence-corrected chi connectivity index (χ2v) is 5.36. The molecule has 2 aromatic carbocycles. The number of amides is 1. The zero-order valence-corrected chi connectivity index (χ0v) is 13.3. The average molecular weight is 305 g/mol. The van der Waals surface area contributed by atoms with Gasteiger partial charge in [0.15, 0.2) is 0 Å². The Balaban J connectivity index is 1.88. The molecule has 1 amide bonds. The quantitative estimate of drug-likeness (QED) is 0.792. The molecular weight excluding hydrogens is 286 g/mol. The highest BCUT2D eigenvalue weighted by Crippen LogP contribution is 2.19. The van der Waals surface area contributed by atoms with Crippen molar-refractivity contribution in [2.45, 2.75) is 20.3 Å². The van der Waals surface area contributed by atoms with Crippen molar-refractivity contribution in [1.82, 2.24) is 9.78 Å². The van der Waals surface area contributed by atoms with E-state index in [0.717, 1.165) is 29.1 Å². The van der Waals surface area contributed by atoms with Crippen molar-refractivity contribution in [3.8, 4) is 5.69 Å². The van der Waals surface area contributed by atoms with Crippen molar-refractivity contribution < 1.29 is 4.79 Å². The van der Waals surface area contributed by atoms with E-state index in [4.69, 9.17) is 0 Å². The number of aromatic nitrogens is 2. The summed E-state index contributed by atoms with van der Waals surface area (Å²) in [7, 11) is 0. The first-order valence-electron chi connectivity index (χ1n) is 7.70. The SMILES string of the molecule is CCc1ccccc1NC(=O)c1cnn(-c2ccccc2)c1C. The lowest BCUT2D eigenvalue weighted by Crippen LogP contribution is -2.14. The van der Waals surface area contributed by atoms with Crippen LogP contribution in [0.15, 0.2) is 60.8 Å². The molecule has 0 spiro atoms. The number of rotatable bonds is 4. The fourth-order valence-electron chi connectivity index (χ4n) is 2.60. The minimum absolute atomic E-state index is 0.134. The number of benzene rings is 2. The number of hydrogen-bond acceptors (Lipinski definition) is 2. The maximum absolute atomic E-state index is 12.6. The summed E-state index contributed by atoms with van der Waals surface area (Å²) in [5.74, 6) is -0.134. The average Bonchev–Trinajstić information content (AvgIpc) is 2.98. The van der Waals surface area contributed by atoms with Gasteiger partial charge in [-0.1, -0.05) is 43.3 Å². The van der Waals surface area contributed by atoms with Crippen molar-refractivity contribution >= 4 is 11.6 Å². The van der Waals surface area contributed by atoms with Gasteiger partial charge in [-0.15, -0.1) is 0 Å². The number of anilines is 1. The van der Waals surface area contributed by atoms with E-state index in [-0.39, 0.29) is 5.91 Å². The third-order valence-corrected chi connectivity index (χ3v) is 3.90. The van der Waals surface area contributed by atoms with Crippen molar-refractivity contribution in [3.05, 3.63) is 77.6 Å². The maximum atomic E-state index is 12.6. The number of hydrogen-bond donors (Lipinski definition) is 1. The number of carbonyl (C=O) groups is 1. The van der Waals surface area contributed by atoms with Gasteiger partial charge in [-0.3, -0.25) is 4.79 Å². The van der Waals surface area contributed by atoms with Crippen LogP contribution in [0.5, 0.6) is 0 Å². The van der Waals surface area contributed by atoms with E-state index in [0.29, 0.717) is 5.56 Å². The van der Waals surface area contributed by atoms with E-state index in [1.54, 1.807) is 10.9 Å². The Hall–Kier alpha value is -2.88. The van der Waals surface area contributed by atoms with Crippen molar-refractivity contribution in [2.75, 3.05) is 5.32 Å². The molecule has 1 aromatic heterocycles. The van der Waals surface area contributed by atoms with Gasteiger partial charge < -0.3 is 5.32 Å². The molecule has 0 atom stereocenters. The summed E-state index contributed by atoms with van der Waals surface area (Å²) in [6, 6.07) is 17.6. The van der Waals surface area contributed by atoms with Gasteiger partial charge in [-0.05, 0) is 37.1 Å². The lowest BCUT2D eigenvalue weighted by molar-refractivity contribution is 0.102. The molecule has 0 unspecified atom stereocenters. The molecule has 4 nitrogen and oxygen atoms in total. The van der Waals surface area contributed by atoms with Gasteiger partial charge in [-0.25, -0.2) is 4.68 Å². The Kier molecular flexibility index (Phi) is 4.24. The van der Waals surface area contributed by atoms with Gasteiger partial charge in [0.1, 0.15) is 0 Å².